The van der Waals surface area contributed by atoms with Gasteiger partial charge in [-0.15, -0.1) is 0 Å². The fourth-order valence-corrected chi connectivity index (χ4v) is 2.56. The number of nitrogens with two attached hydrogens (primary N) is 1. The maximum atomic E-state index is 10.8. The molecule has 0 aromatic rings. The molecule has 0 spiro atoms. The topological polar surface area (TPSA) is 167 Å². The maximum absolute atomic E-state index is 10.8. The van der Waals surface area contributed by atoms with E-state index in [1.807, 2.05) is 0 Å². The summed E-state index contributed by atoms with van der Waals surface area (Å²) in [6.07, 6.45) is -0.861. The third-order valence-corrected chi connectivity index (χ3v) is 3.72. The molecule has 1 saturated heterocycles. The van der Waals surface area contributed by atoms with Crippen molar-refractivity contribution < 1.29 is 38.6 Å². The van der Waals surface area contributed by atoms with Crippen LogP contribution in [0.4, 0.5) is 0 Å². The first-order valence-corrected chi connectivity index (χ1v) is 7.77. The number of rotatable bonds is 5. The summed E-state index contributed by atoms with van der Waals surface area (Å²) < 4.78 is 25.8. The Morgan fingerprint density at radius 2 is 2.27 bits per heavy atom. The highest BCUT2D eigenvalue weighted by molar-refractivity contribution is 7.46. The molecule has 0 radical (unpaired) electrons. The Hall–Kier alpha value is -1.04. The van der Waals surface area contributed by atoms with Gasteiger partial charge < -0.3 is 40.1 Å². The monoisotopic (exact) mass is 339 g/mol. The van der Waals surface area contributed by atoms with Crippen molar-refractivity contribution in [3.8, 4) is 0 Å². The van der Waals surface area contributed by atoms with Crippen molar-refractivity contribution in [2.45, 2.75) is 30.9 Å². The second-order valence-electron chi connectivity index (χ2n) is 4.82. The SMILES string of the molecule is COC1(COP(=O)(O)O)CC(O)C(N2C=CC(N)=NC2O)O1. The number of aliphatic hydroxyl groups is 2. The van der Waals surface area contributed by atoms with Gasteiger partial charge in [-0.3, -0.25) is 4.52 Å². The highest BCUT2D eigenvalue weighted by Crippen LogP contribution is 2.41. The molecule has 0 saturated carbocycles. The fourth-order valence-electron chi connectivity index (χ4n) is 2.19. The lowest BCUT2D eigenvalue weighted by Crippen LogP contribution is -2.47. The van der Waals surface area contributed by atoms with Gasteiger partial charge in [0, 0.05) is 19.7 Å². The molecule has 0 bridgehead atoms. The molecule has 0 aliphatic carbocycles. The lowest BCUT2D eigenvalue weighted by Gasteiger charge is -2.34. The van der Waals surface area contributed by atoms with Crippen LogP contribution in [0.1, 0.15) is 6.42 Å². The third kappa shape index (κ3) is 3.83. The molecule has 2 rings (SSSR count). The fraction of sp³-hybridized carbons (Fsp3) is 0.700. The molecule has 0 aromatic heterocycles. The van der Waals surface area contributed by atoms with Gasteiger partial charge in [0.1, 0.15) is 18.5 Å². The van der Waals surface area contributed by atoms with Crippen LogP contribution in [0.25, 0.3) is 0 Å². The number of ether oxygens (including phenoxy) is 2. The van der Waals surface area contributed by atoms with Crippen molar-refractivity contribution in [3.05, 3.63) is 12.3 Å². The van der Waals surface area contributed by atoms with Crippen molar-refractivity contribution in [2.75, 3.05) is 13.7 Å². The molecule has 0 aromatic carbocycles. The Morgan fingerprint density at radius 3 is 2.82 bits per heavy atom. The van der Waals surface area contributed by atoms with Crippen LogP contribution in [-0.2, 0) is 18.6 Å². The molecular weight excluding hydrogens is 321 g/mol. The first kappa shape index (κ1) is 17.3. The molecule has 2 aliphatic heterocycles. The molecule has 4 unspecified atom stereocenters. The van der Waals surface area contributed by atoms with Crippen LogP contribution < -0.4 is 5.73 Å². The molecule has 6 N–H and O–H groups in total. The van der Waals surface area contributed by atoms with Gasteiger partial charge in [0.25, 0.3) is 0 Å². The number of aliphatic hydroxyl groups excluding tert-OH is 2. The summed E-state index contributed by atoms with van der Waals surface area (Å²) >= 11 is 0. The predicted molar refractivity (Wildman–Crippen MR) is 71.8 cm³/mol. The zero-order valence-corrected chi connectivity index (χ0v) is 12.5. The van der Waals surface area contributed by atoms with Crippen LogP contribution >= 0.6 is 7.82 Å². The van der Waals surface area contributed by atoms with E-state index in [-0.39, 0.29) is 12.3 Å². The Labute approximate surface area is 125 Å². The lowest BCUT2D eigenvalue weighted by molar-refractivity contribution is -0.255. The normalized spacial score (nSPS) is 35.8. The molecule has 11 nitrogen and oxygen atoms in total. The van der Waals surface area contributed by atoms with Gasteiger partial charge in [-0.05, 0) is 6.08 Å². The van der Waals surface area contributed by atoms with Crippen LogP contribution in [0.5, 0.6) is 0 Å². The van der Waals surface area contributed by atoms with Gasteiger partial charge >= 0.3 is 7.82 Å². The van der Waals surface area contributed by atoms with Crippen LogP contribution in [0.15, 0.2) is 17.3 Å². The lowest BCUT2D eigenvalue weighted by atomic mass is 10.1. The zero-order chi connectivity index (χ0) is 16.5. The van der Waals surface area contributed by atoms with Gasteiger partial charge in [0.05, 0.1) is 0 Å². The van der Waals surface area contributed by atoms with E-state index in [0.717, 1.165) is 0 Å². The molecule has 2 aliphatic rings. The second kappa shape index (κ2) is 6.22. The number of methoxy groups -OCH3 is 1. The summed E-state index contributed by atoms with van der Waals surface area (Å²) in [6, 6.07) is 0. The van der Waals surface area contributed by atoms with Gasteiger partial charge in [0.15, 0.2) is 12.0 Å². The summed E-state index contributed by atoms with van der Waals surface area (Å²) in [5.74, 6) is -1.45. The maximum Gasteiger partial charge on any atom is 0.469 e. The van der Waals surface area contributed by atoms with E-state index >= 15 is 0 Å². The number of hydrogen-bond acceptors (Lipinski definition) is 9. The van der Waals surface area contributed by atoms with Crippen molar-refractivity contribution >= 4 is 13.7 Å². The average molecular weight is 339 g/mol. The summed E-state index contributed by atoms with van der Waals surface area (Å²) in [7, 11) is -3.48. The Kier molecular flexibility index (Phi) is 4.90. The highest BCUT2D eigenvalue weighted by atomic mass is 31.2. The van der Waals surface area contributed by atoms with E-state index in [0.29, 0.717) is 0 Å². The molecule has 1 fully saturated rings. The predicted octanol–water partition coefficient (Wildman–Crippen LogP) is -1.99. The van der Waals surface area contributed by atoms with E-state index in [9.17, 15) is 14.8 Å². The number of amidine groups is 1. The van der Waals surface area contributed by atoms with Crippen LogP contribution in [0, 0.1) is 0 Å². The van der Waals surface area contributed by atoms with E-state index in [2.05, 4.69) is 9.52 Å². The zero-order valence-electron chi connectivity index (χ0n) is 11.6. The molecule has 2 heterocycles. The van der Waals surface area contributed by atoms with Crippen molar-refractivity contribution in [3.63, 3.8) is 0 Å². The Morgan fingerprint density at radius 1 is 1.59 bits per heavy atom. The van der Waals surface area contributed by atoms with Crippen LogP contribution in [-0.4, -0.2) is 68.9 Å². The molecule has 22 heavy (non-hydrogen) atoms. The average Bonchev–Trinajstić information content (AvgIpc) is 2.74. The van der Waals surface area contributed by atoms with Crippen molar-refractivity contribution in [1.82, 2.24) is 4.90 Å². The van der Waals surface area contributed by atoms with E-state index in [1.54, 1.807) is 0 Å². The van der Waals surface area contributed by atoms with Gasteiger partial charge in [-0.2, -0.15) is 0 Å². The minimum atomic E-state index is -4.72. The number of aliphatic imine (C=N–C) groups is 1. The second-order valence-corrected chi connectivity index (χ2v) is 6.06. The molecule has 12 heteroatoms. The minimum Gasteiger partial charge on any atom is -0.388 e. The quantitative estimate of drug-likeness (QED) is 0.354. The van der Waals surface area contributed by atoms with Crippen molar-refractivity contribution in [1.29, 1.82) is 0 Å². The number of hydrogen-bond donors (Lipinski definition) is 5. The first-order valence-electron chi connectivity index (χ1n) is 6.24. The smallest absolute Gasteiger partial charge is 0.388 e. The highest BCUT2D eigenvalue weighted by Gasteiger charge is 2.50. The Bertz CT molecular complexity index is 522. The molecule has 126 valence electrons. The third-order valence-electron chi connectivity index (χ3n) is 3.25. The summed E-state index contributed by atoms with van der Waals surface area (Å²) in [4.78, 5) is 22.4. The molecular formula is C10H18N3O8P. The van der Waals surface area contributed by atoms with Gasteiger partial charge in [-0.1, -0.05) is 0 Å². The van der Waals surface area contributed by atoms with Crippen molar-refractivity contribution in [2.24, 2.45) is 10.7 Å². The number of phosphoric acid groups is 1. The standard InChI is InChI=1S/C10H18N3O8P/c1-19-10(5-20-22(16,17)18)4-6(14)8(21-10)13-3-2-7(11)12-9(13)15/h2-3,6,8-9,14-15H,4-5H2,1H3,(H2,11,12)(H2,16,17,18). The number of phosphoric ester groups is 1. The largest absolute Gasteiger partial charge is 0.469 e. The van der Waals surface area contributed by atoms with Gasteiger partial charge in [0.2, 0.25) is 6.35 Å². The molecule has 4 atom stereocenters. The molecule has 0 amide bonds. The summed E-state index contributed by atoms with van der Waals surface area (Å²) in [5.41, 5.74) is 5.44. The van der Waals surface area contributed by atoms with Crippen LogP contribution in [0.3, 0.4) is 0 Å². The van der Waals surface area contributed by atoms with E-state index in [4.69, 9.17) is 25.0 Å². The summed E-state index contributed by atoms with van der Waals surface area (Å²) in [6.45, 7) is -0.597. The van der Waals surface area contributed by atoms with Crippen LogP contribution in [0.2, 0.25) is 0 Å². The Balaban J connectivity index is 2.10. The minimum absolute atomic E-state index is 0.110. The number of nitrogens with zero attached hydrogens (tertiary/aromatic N) is 2. The summed E-state index contributed by atoms with van der Waals surface area (Å²) in [5, 5.41) is 19.9. The first-order chi connectivity index (χ1) is 10.2. The van der Waals surface area contributed by atoms with Gasteiger partial charge in [-0.25, -0.2) is 9.56 Å². The van der Waals surface area contributed by atoms with E-state index in [1.165, 1.54) is 24.3 Å². The van der Waals surface area contributed by atoms with E-state index < -0.39 is 38.9 Å².